The zero-order valence-electron chi connectivity index (χ0n) is 9.81. The molecule has 0 fully saturated rings. The van der Waals surface area contributed by atoms with Gasteiger partial charge >= 0.3 is 6.36 Å². The maximum atomic E-state index is 12.0. The number of H-pyrrole nitrogens is 1. The van der Waals surface area contributed by atoms with Gasteiger partial charge in [0.15, 0.2) is 0 Å². The van der Waals surface area contributed by atoms with Crippen molar-refractivity contribution in [3.8, 4) is 5.75 Å². The summed E-state index contributed by atoms with van der Waals surface area (Å²) in [6.07, 6.45) is -4.73. The molecule has 20 heavy (non-hydrogen) atoms. The van der Waals surface area contributed by atoms with Crippen molar-refractivity contribution < 1.29 is 22.7 Å². The van der Waals surface area contributed by atoms with E-state index in [2.05, 4.69) is 30.7 Å². The van der Waals surface area contributed by atoms with Gasteiger partial charge in [-0.15, -0.1) is 23.4 Å². The number of ether oxygens (including phenoxy) is 1. The van der Waals surface area contributed by atoms with Crippen molar-refractivity contribution in [2.45, 2.75) is 12.9 Å². The lowest BCUT2D eigenvalue weighted by Crippen LogP contribution is -2.24. The maximum absolute atomic E-state index is 12.0. The van der Waals surface area contributed by atoms with Crippen LogP contribution in [0.2, 0.25) is 0 Å². The molecule has 0 bridgehead atoms. The summed E-state index contributed by atoms with van der Waals surface area (Å²) in [5, 5.41) is 14.8. The van der Waals surface area contributed by atoms with Crippen molar-refractivity contribution >= 4 is 5.91 Å². The Hall–Kier alpha value is -2.65. The minimum absolute atomic E-state index is 0.111. The fourth-order valence-electron chi connectivity index (χ4n) is 1.33. The maximum Gasteiger partial charge on any atom is 0.573 e. The SMILES string of the molecule is O=C(NCc1ccc(OC(F)(F)F)cc1)c1nn[nH]n1. The van der Waals surface area contributed by atoms with Crippen molar-refractivity contribution in [3.63, 3.8) is 0 Å². The molecule has 0 saturated carbocycles. The molecule has 1 aromatic heterocycles. The summed E-state index contributed by atoms with van der Waals surface area (Å²) in [5.74, 6) is -0.998. The molecule has 2 N–H and O–H groups in total. The summed E-state index contributed by atoms with van der Waals surface area (Å²) in [4.78, 5) is 11.5. The minimum atomic E-state index is -4.73. The summed E-state index contributed by atoms with van der Waals surface area (Å²) in [6, 6.07) is 5.11. The number of aromatic amines is 1. The van der Waals surface area contributed by atoms with Gasteiger partial charge in [0.25, 0.3) is 11.7 Å². The van der Waals surface area contributed by atoms with Gasteiger partial charge in [0.1, 0.15) is 5.75 Å². The van der Waals surface area contributed by atoms with E-state index in [-0.39, 0.29) is 18.1 Å². The Labute approximate surface area is 110 Å². The van der Waals surface area contributed by atoms with Crippen LogP contribution < -0.4 is 10.1 Å². The molecule has 0 aliphatic carbocycles. The number of amides is 1. The first-order valence-corrected chi connectivity index (χ1v) is 5.30. The average molecular weight is 287 g/mol. The molecule has 106 valence electrons. The third-order valence-electron chi connectivity index (χ3n) is 2.16. The molecule has 0 unspecified atom stereocenters. The second-order valence-corrected chi connectivity index (χ2v) is 3.61. The Morgan fingerprint density at radius 1 is 1.30 bits per heavy atom. The highest BCUT2D eigenvalue weighted by molar-refractivity contribution is 5.89. The van der Waals surface area contributed by atoms with Gasteiger partial charge in [0, 0.05) is 6.54 Å². The monoisotopic (exact) mass is 287 g/mol. The molecule has 1 amide bonds. The second kappa shape index (κ2) is 5.55. The largest absolute Gasteiger partial charge is 0.573 e. The number of rotatable bonds is 4. The average Bonchev–Trinajstić information content (AvgIpc) is 2.89. The first kappa shape index (κ1) is 13.8. The van der Waals surface area contributed by atoms with Gasteiger partial charge in [-0.05, 0) is 22.9 Å². The highest BCUT2D eigenvalue weighted by atomic mass is 19.4. The van der Waals surface area contributed by atoms with E-state index < -0.39 is 12.3 Å². The first-order chi connectivity index (χ1) is 9.44. The highest BCUT2D eigenvalue weighted by Crippen LogP contribution is 2.22. The Morgan fingerprint density at radius 2 is 2.00 bits per heavy atom. The number of nitrogens with one attached hydrogen (secondary N) is 2. The molecule has 2 rings (SSSR count). The topological polar surface area (TPSA) is 92.8 Å². The van der Waals surface area contributed by atoms with Crippen LogP contribution in [0.4, 0.5) is 13.2 Å². The smallest absolute Gasteiger partial charge is 0.406 e. The van der Waals surface area contributed by atoms with E-state index in [9.17, 15) is 18.0 Å². The van der Waals surface area contributed by atoms with Crippen LogP contribution in [0.15, 0.2) is 24.3 Å². The lowest BCUT2D eigenvalue weighted by atomic mass is 10.2. The van der Waals surface area contributed by atoms with Gasteiger partial charge in [0.05, 0.1) is 0 Å². The second-order valence-electron chi connectivity index (χ2n) is 3.61. The van der Waals surface area contributed by atoms with Gasteiger partial charge in [-0.1, -0.05) is 12.1 Å². The van der Waals surface area contributed by atoms with Crippen molar-refractivity contribution in [1.29, 1.82) is 0 Å². The minimum Gasteiger partial charge on any atom is -0.406 e. The van der Waals surface area contributed by atoms with E-state index in [1.165, 1.54) is 12.1 Å². The number of alkyl halides is 3. The van der Waals surface area contributed by atoms with Gasteiger partial charge in [-0.2, -0.15) is 5.21 Å². The van der Waals surface area contributed by atoms with Gasteiger partial charge in [-0.3, -0.25) is 4.79 Å². The Kier molecular flexibility index (Phi) is 3.82. The van der Waals surface area contributed by atoms with Crippen LogP contribution in [0.3, 0.4) is 0 Å². The number of halogens is 3. The van der Waals surface area contributed by atoms with Crippen molar-refractivity contribution in [2.24, 2.45) is 0 Å². The third-order valence-corrected chi connectivity index (χ3v) is 2.16. The van der Waals surface area contributed by atoms with E-state index in [1.54, 1.807) is 0 Å². The zero-order chi connectivity index (χ0) is 14.6. The van der Waals surface area contributed by atoms with Crippen molar-refractivity contribution in [1.82, 2.24) is 25.9 Å². The number of nitrogens with zero attached hydrogens (tertiary/aromatic N) is 3. The van der Waals surface area contributed by atoms with Crippen LogP contribution >= 0.6 is 0 Å². The summed E-state index contributed by atoms with van der Waals surface area (Å²) >= 11 is 0. The molecular weight excluding hydrogens is 279 g/mol. The number of aromatic nitrogens is 4. The van der Waals surface area contributed by atoms with Gasteiger partial charge in [0.2, 0.25) is 0 Å². The fraction of sp³-hybridized carbons (Fsp3) is 0.200. The number of carbonyl (C=O) groups is 1. The number of hydrogen-bond acceptors (Lipinski definition) is 5. The van der Waals surface area contributed by atoms with Gasteiger partial charge < -0.3 is 10.1 Å². The Bertz CT molecular complexity index is 568. The molecule has 0 radical (unpaired) electrons. The quantitative estimate of drug-likeness (QED) is 0.876. The van der Waals surface area contributed by atoms with Crippen LogP contribution in [-0.2, 0) is 6.54 Å². The number of hydrogen-bond donors (Lipinski definition) is 2. The third kappa shape index (κ3) is 3.93. The van der Waals surface area contributed by atoms with Crippen LogP contribution in [0.5, 0.6) is 5.75 Å². The van der Waals surface area contributed by atoms with Crippen molar-refractivity contribution in [3.05, 3.63) is 35.7 Å². The van der Waals surface area contributed by atoms with E-state index in [4.69, 9.17) is 0 Å². The van der Waals surface area contributed by atoms with Crippen LogP contribution in [0.25, 0.3) is 0 Å². The molecule has 0 aliphatic rings. The van der Waals surface area contributed by atoms with Crippen LogP contribution in [-0.4, -0.2) is 32.9 Å². The van der Waals surface area contributed by atoms with E-state index in [1.807, 2.05) is 0 Å². The van der Waals surface area contributed by atoms with Crippen molar-refractivity contribution in [2.75, 3.05) is 0 Å². The first-order valence-electron chi connectivity index (χ1n) is 5.30. The van der Waals surface area contributed by atoms with E-state index >= 15 is 0 Å². The Morgan fingerprint density at radius 3 is 2.55 bits per heavy atom. The number of benzene rings is 1. The molecule has 1 aromatic carbocycles. The van der Waals surface area contributed by atoms with E-state index in [0.29, 0.717) is 5.56 Å². The standard InChI is InChI=1S/C10H8F3N5O2/c11-10(12,13)20-7-3-1-6(2-4-7)5-14-9(19)8-15-17-18-16-8/h1-4H,5H2,(H,14,19)(H,15,16,17,18). The highest BCUT2D eigenvalue weighted by Gasteiger charge is 2.30. The zero-order valence-corrected chi connectivity index (χ0v) is 9.81. The summed E-state index contributed by atoms with van der Waals surface area (Å²) in [7, 11) is 0. The normalized spacial score (nSPS) is 11.2. The summed E-state index contributed by atoms with van der Waals surface area (Å²) < 4.78 is 39.6. The fourth-order valence-corrected chi connectivity index (χ4v) is 1.33. The Balaban J connectivity index is 1.89. The molecule has 0 aliphatic heterocycles. The molecule has 1 heterocycles. The summed E-state index contributed by atoms with van der Waals surface area (Å²) in [5.41, 5.74) is 0.594. The number of tetrazole rings is 1. The summed E-state index contributed by atoms with van der Waals surface area (Å²) in [6.45, 7) is 0.111. The molecule has 2 aromatic rings. The van der Waals surface area contributed by atoms with Crippen LogP contribution in [0, 0.1) is 0 Å². The van der Waals surface area contributed by atoms with E-state index in [0.717, 1.165) is 12.1 Å². The van der Waals surface area contributed by atoms with Gasteiger partial charge in [-0.25, -0.2) is 0 Å². The molecular formula is C10H8F3N5O2. The molecule has 7 nitrogen and oxygen atoms in total. The molecule has 0 saturated heterocycles. The van der Waals surface area contributed by atoms with Crippen LogP contribution in [0.1, 0.15) is 16.2 Å². The molecule has 0 spiro atoms. The lowest BCUT2D eigenvalue weighted by molar-refractivity contribution is -0.274. The number of carbonyl (C=O) groups excluding carboxylic acids is 1. The predicted octanol–water partition coefficient (Wildman–Crippen LogP) is 1.03. The lowest BCUT2D eigenvalue weighted by Gasteiger charge is -2.09. The predicted molar refractivity (Wildman–Crippen MR) is 58.5 cm³/mol. The molecule has 0 atom stereocenters. The molecule has 10 heteroatoms.